The zero-order valence-corrected chi connectivity index (χ0v) is 14.5. The molecule has 2 heterocycles. The van der Waals surface area contributed by atoms with Crippen molar-refractivity contribution in [2.24, 2.45) is 0 Å². The number of rotatable bonds is 4. The van der Waals surface area contributed by atoms with Gasteiger partial charge in [-0.05, 0) is 33.1 Å². The summed E-state index contributed by atoms with van der Waals surface area (Å²) in [6.07, 6.45) is 4.82. The van der Waals surface area contributed by atoms with E-state index in [0.717, 1.165) is 54.8 Å². The largest absolute Gasteiger partial charge is 0.462 e. The number of hydrogen-bond donors (Lipinski definition) is 1. The predicted octanol–water partition coefficient (Wildman–Crippen LogP) is 3.14. The van der Waals surface area contributed by atoms with Crippen LogP contribution in [-0.2, 0) is 17.6 Å². The molecule has 0 spiro atoms. The van der Waals surface area contributed by atoms with Crippen molar-refractivity contribution in [3.05, 3.63) is 27.6 Å². The monoisotopic (exact) mass is 349 g/mol. The van der Waals surface area contributed by atoms with E-state index < -0.39 is 5.97 Å². The van der Waals surface area contributed by atoms with Crippen LogP contribution in [0.1, 0.15) is 63.4 Å². The second kappa shape index (κ2) is 7.12. The van der Waals surface area contributed by atoms with Crippen molar-refractivity contribution in [2.45, 2.75) is 46.0 Å². The molecule has 0 unspecified atom stereocenters. The number of carbonyl (C=O) groups is 2. The van der Waals surface area contributed by atoms with Crippen molar-refractivity contribution < 1.29 is 18.8 Å². The van der Waals surface area contributed by atoms with E-state index in [1.807, 2.05) is 0 Å². The molecule has 0 radical (unpaired) electrons. The standard InChI is InChI=1S/C16H19N3O4S/c1-3-22-15(21)13-9(2)17-16(24-13)18-14(20)12-10-7-5-4-6-8-11(10)23-19-12/h3-8H2,1-2H3,(H,17,18,20). The highest BCUT2D eigenvalue weighted by Gasteiger charge is 2.24. The van der Waals surface area contributed by atoms with Crippen LogP contribution in [0.5, 0.6) is 0 Å². The van der Waals surface area contributed by atoms with E-state index in [2.05, 4.69) is 15.5 Å². The van der Waals surface area contributed by atoms with E-state index >= 15 is 0 Å². The lowest BCUT2D eigenvalue weighted by atomic mass is 10.1. The predicted molar refractivity (Wildman–Crippen MR) is 88.5 cm³/mol. The van der Waals surface area contributed by atoms with Crippen molar-refractivity contribution in [2.75, 3.05) is 11.9 Å². The Morgan fingerprint density at radius 1 is 1.29 bits per heavy atom. The van der Waals surface area contributed by atoms with Gasteiger partial charge in [-0.3, -0.25) is 10.1 Å². The summed E-state index contributed by atoms with van der Waals surface area (Å²) in [5, 5.41) is 6.99. The van der Waals surface area contributed by atoms with E-state index in [1.165, 1.54) is 0 Å². The number of nitrogens with one attached hydrogen (secondary N) is 1. The third kappa shape index (κ3) is 3.33. The number of hydrogen-bond acceptors (Lipinski definition) is 7. The first kappa shape index (κ1) is 16.6. The first-order chi connectivity index (χ1) is 11.6. The lowest BCUT2D eigenvalue weighted by Crippen LogP contribution is -2.14. The molecule has 7 nitrogen and oxygen atoms in total. The molecule has 1 aliphatic rings. The normalized spacial score (nSPS) is 13.9. The van der Waals surface area contributed by atoms with Gasteiger partial charge in [0.05, 0.1) is 12.3 Å². The number of fused-ring (bicyclic) bond motifs is 1. The van der Waals surface area contributed by atoms with Gasteiger partial charge in [-0.2, -0.15) is 0 Å². The molecule has 128 valence electrons. The van der Waals surface area contributed by atoms with Gasteiger partial charge in [0.1, 0.15) is 10.6 Å². The Labute approximate surface area is 143 Å². The Morgan fingerprint density at radius 2 is 2.08 bits per heavy atom. The summed E-state index contributed by atoms with van der Waals surface area (Å²) in [4.78, 5) is 28.9. The Balaban J connectivity index is 1.77. The molecular formula is C16H19N3O4S. The number of amides is 1. The minimum atomic E-state index is -0.427. The fraction of sp³-hybridized carbons (Fsp3) is 0.500. The zero-order valence-electron chi connectivity index (χ0n) is 13.7. The first-order valence-corrected chi connectivity index (χ1v) is 8.85. The minimum absolute atomic E-state index is 0.295. The van der Waals surface area contributed by atoms with Crippen LogP contribution in [-0.4, -0.2) is 28.6 Å². The van der Waals surface area contributed by atoms with Gasteiger partial charge in [-0.25, -0.2) is 9.78 Å². The zero-order chi connectivity index (χ0) is 17.1. The quantitative estimate of drug-likeness (QED) is 0.673. The van der Waals surface area contributed by atoms with Gasteiger partial charge in [0, 0.05) is 12.0 Å². The van der Waals surface area contributed by atoms with E-state index in [4.69, 9.17) is 9.26 Å². The molecule has 0 saturated heterocycles. The molecule has 3 rings (SSSR count). The van der Waals surface area contributed by atoms with E-state index in [9.17, 15) is 9.59 Å². The average molecular weight is 349 g/mol. The van der Waals surface area contributed by atoms with Crippen molar-refractivity contribution in [3.8, 4) is 0 Å². The van der Waals surface area contributed by atoms with Gasteiger partial charge in [0.2, 0.25) is 0 Å². The topological polar surface area (TPSA) is 94.3 Å². The van der Waals surface area contributed by atoms with Gasteiger partial charge in [0.15, 0.2) is 10.8 Å². The maximum Gasteiger partial charge on any atom is 0.350 e. The van der Waals surface area contributed by atoms with Crippen LogP contribution < -0.4 is 5.32 Å². The fourth-order valence-electron chi connectivity index (χ4n) is 2.73. The minimum Gasteiger partial charge on any atom is -0.462 e. The van der Waals surface area contributed by atoms with Gasteiger partial charge < -0.3 is 9.26 Å². The summed E-state index contributed by atoms with van der Waals surface area (Å²) in [6.45, 7) is 3.75. The molecule has 8 heteroatoms. The molecule has 0 fully saturated rings. The molecule has 0 aliphatic heterocycles. The highest BCUT2D eigenvalue weighted by atomic mass is 32.1. The molecular weight excluding hydrogens is 330 g/mol. The SMILES string of the molecule is CCOC(=O)c1sc(NC(=O)c2noc3c2CCCCC3)nc1C. The highest BCUT2D eigenvalue weighted by molar-refractivity contribution is 7.17. The molecule has 2 aromatic heterocycles. The summed E-state index contributed by atoms with van der Waals surface area (Å²) in [5.41, 5.74) is 1.74. The molecule has 1 amide bonds. The lowest BCUT2D eigenvalue weighted by Gasteiger charge is -2.01. The maximum absolute atomic E-state index is 12.5. The summed E-state index contributed by atoms with van der Waals surface area (Å²) < 4.78 is 10.3. The number of ether oxygens (including phenoxy) is 1. The van der Waals surface area contributed by atoms with Crippen molar-refractivity contribution in [1.29, 1.82) is 0 Å². The van der Waals surface area contributed by atoms with Crippen molar-refractivity contribution in [3.63, 3.8) is 0 Å². The Kier molecular flexibility index (Phi) is 4.94. The van der Waals surface area contributed by atoms with Gasteiger partial charge >= 0.3 is 5.97 Å². The molecule has 0 aromatic carbocycles. The van der Waals surface area contributed by atoms with Crippen LogP contribution in [0.2, 0.25) is 0 Å². The highest BCUT2D eigenvalue weighted by Crippen LogP contribution is 2.26. The second-order valence-corrected chi connectivity index (χ2v) is 6.60. The molecule has 1 aliphatic carbocycles. The third-order valence-electron chi connectivity index (χ3n) is 3.89. The molecule has 0 saturated carbocycles. The Morgan fingerprint density at radius 3 is 2.88 bits per heavy atom. The Bertz CT molecular complexity index is 765. The average Bonchev–Trinajstić information content (AvgIpc) is 3.03. The third-order valence-corrected chi connectivity index (χ3v) is 4.95. The Hall–Kier alpha value is -2.22. The van der Waals surface area contributed by atoms with Gasteiger partial charge in [0.25, 0.3) is 5.91 Å². The molecule has 2 aromatic rings. The summed E-state index contributed by atoms with van der Waals surface area (Å²) >= 11 is 1.10. The van der Waals surface area contributed by atoms with Crippen molar-refractivity contribution >= 4 is 28.3 Å². The number of esters is 1. The van der Waals surface area contributed by atoms with Crippen LogP contribution in [0.25, 0.3) is 0 Å². The molecule has 1 N–H and O–H groups in total. The first-order valence-electron chi connectivity index (χ1n) is 8.03. The van der Waals surface area contributed by atoms with Gasteiger partial charge in [-0.15, -0.1) is 0 Å². The van der Waals surface area contributed by atoms with Crippen LogP contribution >= 0.6 is 11.3 Å². The van der Waals surface area contributed by atoms with Crippen LogP contribution in [0.3, 0.4) is 0 Å². The van der Waals surface area contributed by atoms with Gasteiger partial charge in [-0.1, -0.05) is 22.9 Å². The molecule has 0 bridgehead atoms. The van der Waals surface area contributed by atoms with E-state index in [0.29, 0.717) is 28.0 Å². The fourth-order valence-corrected chi connectivity index (χ4v) is 3.59. The van der Waals surface area contributed by atoms with Crippen LogP contribution in [0.15, 0.2) is 4.52 Å². The van der Waals surface area contributed by atoms with Crippen molar-refractivity contribution in [1.82, 2.24) is 10.1 Å². The maximum atomic E-state index is 12.5. The summed E-state index contributed by atoms with van der Waals surface area (Å²) in [6, 6.07) is 0. The van der Waals surface area contributed by atoms with E-state index in [1.54, 1.807) is 13.8 Å². The van der Waals surface area contributed by atoms with Crippen LogP contribution in [0, 0.1) is 6.92 Å². The number of nitrogens with zero attached hydrogens (tertiary/aromatic N) is 2. The number of carbonyl (C=O) groups excluding carboxylic acids is 2. The number of thiazole rings is 1. The number of aromatic nitrogens is 2. The van der Waals surface area contributed by atoms with Crippen LogP contribution in [0.4, 0.5) is 5.13 Å². The molecule has 0 atom stereocenters. The number of aryl methyl sites for hydroxylation is 2. The lowest BCUT2D eigenvalue weighted by molar-refractivity contribution is 0.0531. The molecule has 24 heavy (non-hydrogen) atoms. The summed E-state index contributed by atoms with van der Waals surface area (Å²) in [7, 11) is 0. The summed E-state index contributed by atoms with van der Waals surface area (Å²) in [5.74, 6) is 0.0227. The second-order valence-electron chi connectivity index (χ2n) is 5.60. The smallest absolute Gasteiger partial charge is 0.350 e. The van der Waals surface area contributed by atoms with E-state index in [-0.39, 0.29) is 5.91 Å². The number of anilines is 1.